The van der Waals surface area contributed by atoms with Crippen LogP contribution in [-0.2, 0) is 19.8 Å². The maximum absolute atomic E-state index is 11.9. The summed E-state index contributed by atoms with van der Waals surface area (Å²) >= 11 is 0. The number of hydrogen-bond acceptors (Lipinski definition) is 5. The molecule has 160 valence electrons. The van der Waals surface area contributed by atoms with E-state index in [0.29, 0.717) is 17.9 Å². The first-order valence-corrected chi connectivity index (χ1v) is 10.2. The van der Waals surface area contributed by atoms with E-state index in [2.05, 4.69) is 0 Å². The van der Waals surface area contributed by atoms with E-state index in [1.807, 2.05) is 77.9 Å². The molecule has 5 nitrogen and oxygen atoms in total. The predicted molar refractivity (Wildman–Crippen MR) is 114 cm³/mol. The van der Waals surface area contributed by atoms with Crippen LogP contribution in [0.4, 0.5) is 0 Å². The third-order valence-corrected chi connectivity index (χ3v) is 5.02. The number of ether oxygens (including phenoxy) is 4. The maximum atomic E-state index is 11.9. The maximum Gasteiger partial charge on any atom is 0.145 e. The summed E-state index contributed by atoms with van der Waals surface area (Å²) in [6, 6.07) is 12.0. The third kappa shape index (κ3) is 4.92. The summed E-state index contributed by atoms with van der Waals surface area (Å²) in [6.07, 6.45) is -0.991. The molecule has 0 bridgehead atoms. The summed E-state index contributed by atoms with van der Waals surface area (Å²) in [6.45, 7) is 12.4. The first-order valence-electron chi connectivity index (χ1n) is 10.2. The van der Waals surface area contributed by atoms with Crippen LogP contribution in [0.1, 0.15) is 47.1 Å². The molecule has 1 fully saturated rings. The molecule has 0 aliphatic carbocycles. The second-order valence-electron chi connectivity index (χ2n) is 9.75. The van der Waals surface area contributed by atoms with Gasteiger partial charge in [-0.25, -0.2) is 0 Å². The summed E-state index contributed by atoms with van der Waals surface area (Å²) in [4.78, 5) is 0. The Labute approximate surface area is 173 Å². The second-order valence-corrected chi connectivity index (χ2v) is 9.75. The Morgan fingerprint density at radius 2 is 1.66 bits per heavy atom. The SMILES string of the molecule is COc1cc2ccccc2cc1C1(O)CO[C@H](COC(C)(C)C)C1OC(C)(C)C. The number of methoxy groups -OCH3 is 1. The summed E-state index contributed by atoms with van der Waals surface area (Å²) in [5, 5.41) is 14.0. The van der Waals surface area contributed by atoms with Crippen molar-refractivity contribution in [3.8, 4) is 5.75 Å². The Balaban J connectivity index is 2.04. The molecular formula is C24H34O5. The van der Waals surface area contributed by atoms with E-state index in [9.17, 15) is 5.11 Å². The lowest BCUT2D eigenvalue weighted by molar-refractivity contribution is -0.163. The van der Waals surface area contributed by atoms with Crippen molar-refractivity contribution in [3.05, 3.63) is 42.0 Å². The fraction of sp³-hybridized carbons (Fsp3) is 0.583. The molecule has 5 heteroatoms. The van der Waals surface area contributed by atoms with E-state index in [1.54, 1.807) is 7.11 Å². The van der Waals surface area contributed by atoms with Crippen LogP contribution in [0, 0.1) is 0 Å². The van der Waals surface area contributed by atoms with Gasteiger partial charge in [-0.15, -0.1) is 0 Å². The highest BCUT2D eigenvalue weighted by Crippen LogP contribution is 2.43. The van der Waals surface area contributed by atoms with Crippen LogP contribution in [0.5, 0.6) is 5.75 Å². The van der Waals surface area contributed by atoms with Crippen molar-refractivity contribution in [2.24, 2.45) is 0 Å². The van der Waals surface area contributed by atoms with Crippen LogP contribution in [0.25, 0.3) is 10.8 Å². The normalized spacial score (nSPS) is 25.5. The van der Waals surface area contributed by atoms with Crippen molar-refractivity contribution >= 4 is 10.8 Å². The zero-order valence-corrected chi connectivity index (χ0v) is 18.6. The molecule has 1 aliphatic rings. The molecule has 3 atom stereocenters. The third-order valence-electron chi connectivity index (χ3n) is 5.02. The van der Waals surface area contributed by atoms with Gasteiger partial charge in [-0.1, -0.05) is 24.3 Å². The lowest BCUT2D eigenvalue weighted by Gasteiger charge is -2.37. The van der Waals surface area contributed by atoms with E-state index < -0.39 is 23.4 Å². The van der Waals surface area contributed by atoms with Gasteiger partial charge in [0.2, 0.25) is 0 Å². The van der Waals surface area contributed by atoms with Gasteiger partial charge in [0.05, 0.1) is 31.5 Å². The van der Waals surface area contributed by atoms with Crippen molar-refractivity contribution in [2.45, 2.75) is 70.6 Å². The Kier molecular flexibility index (Phi) is 5.98. The van der Waals surface area contributed by atoms with Gasteiger partial charge in [0.25, 0.3) is 0 Å². The minimum Gasteiger partial charge on any atom is -0.496 e. The number of hydrogen-bond donors (Lipinski definition) is 1. The summed E-state index contributed by atoms with van der Waals surface area (Å²) < 4.78 is 24.0. The Morgan fingerprint density at radius 3 is 2.21 bits per heavy atom. The van der Waals surface area contributed by atoms with Gasteiger partial charge in [-0.3, -0.25) is 0 Å². The van der Waals surface area contributed by atoms with Crippen LogP contribution in [0.3, 0.4) is 0 Å². The quantitative estimate of drug-likeness (QED) is 0.802. The highest BCUT2D eigenvalue weighted by molar-refractivity contribution is 5.85. The van der Waals surface area contributed by atoms with Gasteiger partial charge in [0, 0.05) is 5.56 Å². The monoisotopic (exact) mass is 402 g/mol. The molecule has 0 radical (unpaired) electrons. The summed E-state index contributed by atoms with van der Waals surface area (Å²) in [5.74, 6) is 0.620. The molecule has 2 unspecified atom stereocenters. The van der Waals surface area contributed by atoms with Crippen LogP contribution in [-0.4, -0.2) is 48.8 Å². The Morgan fingerprint density at radius 1 is 1.03 bits per heavy atom. The lowest BCUT2D eigenvalue weighted by Crippen LogP contribution is -2.48. The average molecular weight is 403 g/mol. The summed E-state index contributed by atoms with van der Waals surface area (Å²) in [7, 11) is 1.62. The first kappa shape index (κ1) is 22.0. The van der Waals surface area contributed by atoms with Crippen molar-refractivity contribution in [3.63, 3.8) is 0 Å². The van der Waals surface area contributed by atoms with Crippen LogP contribution >= 0.6 is 0 Å². The van der Waals surface area contributed by atoms with Gasteiger partial charge in [0.15, 0.2) is 0 Å². The Bertz CT molecular complexity index is 848. The highest BCUT2D eigenvalue weighted by atomic mass is 16.6. The topological polar surface area (TPSA) is 57.2 Å². The molecule has 1 saturated heterocycles. The first-order chi connectivity index (χ1) is 13.4. The number of fused-ring (bicyclic) bond motifs is 1. The minimum absolute atomic E-state index is 0.112. The molecule has 2 aromatic rings. The van der Waals surface area contributed by atoms with E-state index in [0.717, 1.165) is 10.8 Å². The van der Waals surface area contributed by atoms with E-state index in [4.69, 9.17) is 18.9 Å². The van der Waals surface area contributed by atoms with Crippen molar-refractivity contribution in [1.29, 1.82) is 0 Å². The number of benzene rings is 2. The molecular weight excluding hydrogens is 368 g/mol. The summed E-state index contributed by atoms with van der Waals surface area (Å²) in [5.41, 5.74) is -1.45. The lowest BCUT2D eigenvalue weighted by atomic mass is 9.85. The van der Waals surface area contributed by atoms with E-state index in [-0.39, 0.29) is 12.2 Å². The standard InChI is InChI=1S/C24H34O5/c1-22(2,3)28-14-20-21(29-23(4,5)6)24(25,15-27-20)18-12-16-10-8-9-11-17(16)13-19(18)26-7/h8-13,20-21,25H,14-15H2,1-7H3/t20-,21?,24?/m1/s1. The van der Waals surface area contributed by atoms with Crippen molar-refractivity contribution in [1.82, 2.24) is 0 Å². The Hall–Kier alpha value is -1.66. The molecule has 3 rings (SSSR count). The van der Waals surface area contributed by atoms with Crippen LogP contribution in [0.2, 0.25) is 0 Å². The highest BCUT2D eigenvalue weighted by Gasteiger charge is 2.53. The average Bonchev–Trinajstić information content (AvgIpc) is 2.93. The number of rotatable bonds is 5. The largest absolute Gasteiger partial charge is 0.496 e. The van der Waals surface area contributed by atoms with Crippen molar-refractivity contribution < 1.29 is 24.1 Å². The van der Waals surface area contributed by atoms with Crippen molar-refractivity contribution in [2.75, 3.05) is 20.3 Å². The fourth-order valence-electron chi connectivity index (χ4n) is 3.69. The van der Waals surface area contributed by atoms with Gasteiger partial charge in [-0.2, -0.15) is 0 Å². The molecule has 2 aromatic carbocycles. The molecule has 0 saturated carbocycles. The fourth-order valence-corrected chi connectivity index (χ4v) is 3.69. The predicted octanol–water partition coefficient (Wildman–Crippen LogP) is 4.43. The van der Waals surface area contributed by atoms with Gasteiger partial charge in [0.1, 0.15) is 23.6 Å². The molecule has 29 heavy (non-hydrogen) atoms. The molecule has 0 aromatic heterocycles. The molecule has 1 aliphatic heterocycles. The molecule has 1 heterocycles. The van der Waals surface area contributed by atoms with Gasteiger partial charge >= 0.3 is 0 Å². The van der Waals surface area contributed by atoms with Crippen LogP contribution in [0.15, 0.2) is 36.4 Å². The van der Waals surface area contributed by atoms with E-state index in [1.165, 1.54) is 0 Å². The molecule has 1 N–H and O–H groups in total. The zero-order valence-electron chi connectivity index (χ0n) is 18.6. The molecule has 0 spiro atoms. The minimum atomic E-state index is -1.35. The number of aliphatic hydroxyl groups is 1. The van der Waals surface area contributed by atoms with Crippen LogP contribution < -0.4 is 4.74 Å². The van der Waals surface area contributed by atoms with Gasteiger partial charge in [-0.05, 0) is 64.4 Å². The van der Waals surface area contributed by atoms with E-state index >= 15 is 0 Å². The molecule has 0 amide bonds. The zero-order chi connectivity index (χ0) is 21.4. The second kappa shape index (κ2) is 7.88. The smallest absolute Gasteiger partial charge is 0.145 e. The van der Waals surface area contributed by atoms with Gasteiger partial charge < -0.3 is 24.1 Å².